The number of hydrogen-bond donors (Lipinski definition) is 2. The summed E-state index contributed by atoms with van der Waals surface area (Å²) in [5.74, 6) is 0. The third kappa shape index (κ3) is 5.08. The molecular weight excluding hydrogens is 440 g/mol. The van der Waals surface area contributed by atoms with Gasteiger partial charge in [-0.25, -0.2) is 9.97 Å². The molecule has 0 spiro atoms. The molecule has 0 amide bonds. The fourth-order valence-electron chi connectivity index (χ4n) is 4.21. The molecule has 0 fully saturated rings. The Hall–Kier alpha value is -4.96. The van der Waals surface area contributed by atoms with Gasteiger partial charge in [-0.15, -0.1) is 0 Å². The molecule has 172 valence electrons. The molecule has 2 N–H and O–H groups in total. The van der Waals surface area contributed by atoms with Crippen LogP contribution in [-0.2, 0) is 0 Å². The highest BCUT2D eigenvalue weighted by molar-refractivity contribution is 5.77. The Morgan fingerprint density at radius 2 is 0.722 bits per heavy atom. The van der Waals surface area contributed by atoms with Crippen molar-refractivity contribution in [3.05, 3.63) is 132 Å². The molecule has 0 atom stereocenters. The molecule has 2 aliphatic heterocycles. The molecule has 7 rings (SSSR count). The fourth-order valence-corrected chi connectivity index (χ4v) is 4.21. The number of aromatic nitrogens is 4. The first-order valence-corrected chi connectivity index (χ1v) is 11.9. The van der Waals surface area contributed by atoms with Crippen molar-refractivity contribution in [2.75, 3.05) is 0 Å². The highest BCUT2D eigenvalue weighted by atomic mass is 14.8. The number of nitrogens with zero attached hydrogens (tertiary/aromatic N) is 2. The molecule has 5 aromatic rings. The van der Waals surface area contributed by atoms with Crippen LogP contribution in [0.25, 0.3) is 57.5 Å². The molecule has 2 aliphatic rings. The van der Waals surface area contributed by atoms with Crippen LogP contribution in [0.5, 0.6) is 0 Å². The maximum atomic E-state index is 4.62. The third-order valence-corrected chi connectivity index (χ3v) is 5.92. The zero-order chi connectivity index (χ0) is 24.2. The molecule has 0 radical (unpaired) electrons. The van der Waals surface area contributed by atoms with Crippen molar-refractivity contribution < 1.29 is 0 Å². The first kappa shape index (κ1) is 21.6. The first-order chi connectivity index (χ1) is 17.8. The molecule has 0 saturated heterocycles. The summed E-state index contributed by atoms with van der Waals surface area (Å²) in [6.45, 7) is 0. The lowest BCUT2D eigenvalue weighted by Crippen LogP contribution is -1.77. The summed E-state index contributed by atoms with van der Waals surface area (Å²) >= 11 is 0. The van der Waals surface area contributed by atoms with Crippen molar-refractivity contribution in [3.63, 3.8) is 0 Å². The number of nitrogens with one attached hydrogen (secondary N) is 2. The van der Waals surface area contributed by atoms with Crippen LogP contribution in [0.2, 0.25) is 0 Å². The van der Waals surface area contributed by atoms with Crippen LogP contribution in [0, 0.1) is 0 Å². The van der Waals surface area contributed by atoms with E-state index in [-0.39, 0.29) is 0 Å². The lowest BCUT2D eigenvalue weighted by atomic mass is 10.1. The minimum Gasteiger partial charge on any atom is -0.355 e. The SMILES string of the molecule is C1=Cc2cc3ccc(cc4ccc(cc5nc(cc1n2)C=C5)[nH]4)[nH]3.c1ccc(-c2ccccc2)cc1. The van der Waals surface area contributed by atoms with Gasteiger partial charge < -0.3 is 9.97 Å². The number of aromatic amines is 2. The van der Waals surface area contributed by atoms with E-state index < -0.39 is 0 Å². The molecule has 0 aliphatic carbocycles. The molecule has 4 heteroatoms. The highest BCUT2D eigenvalue weighted by Crippen LogP contribution is 2.18. The molecule has 5 heterocycles. The van der Waals surface area contributed by atoms with Crippen molar-refractivity contribution in [2.24, 2.45) is 0 Å². The van der Waals surface area contributed by atoms with Crippen molar-refractivity contribution in [2.45, 2.75) is 0 Å². The Morgan fingerprint density at radius 1 is 0.361 bits per heavy atom. The van der Waals surface area contributed by atoms with Crippen LogP contribution < -0.4 is 0 Å². The number of fused-ring (bicyclic) bond motifs is 8. The van der Waals surface area contributed by atoms with Gasteiger partial charge >= 0.3 is 0 Å². The summed E-state index contributed by atoms with van der Waals surface area (Å²) in [6, 6.07) is 37.2. The van der Waals surface area contributed by atoms with Gasteiger partial charge in [-0.1, -0.05) is 60.7 Å². The summed E-state index contributed by atoms with van der Waals surface area (Å²) in [4.78, 5) is 16.0. The van der Waals surface area contributed by atoms with E-state index in [4.69, 9.17) is 0 Å². The molecule has 2 aromatic carbocycles. The molecule has 8 bridgehead atoms. The molecule has 0 saturated carbocycles. The smallest absolute Gasteiger partial charge is 0.0659 e. The summed E-state index contributed by atoms with van der Waals surface area (Å²) < 4.78 is 0. The topological polar surface area (TPSA) is 57.4 Å². The number of H-pyrrole nitrogens is 2. The minimum atomic E-state index is 0.915. The van der Waals surface area contributed by atoms with Crippen LogP contribution in [0.15, 0.2) is 109 Å². The number of hydrogen-bond acceptors (Lipinski definition) is 2. The van der Waals surface area contributed by atoms with Crippen molar-refractivity contribution in [1.29, 1.82) is 0 Å². The standard InChI is InChI=1S/C20H14N4.C12H10/c1-2-14-10-16-5-6-18(23-16)12-20-8-7-19(24-20)11-17-4-3-15(22-17)9-13(1)21-14;1-3-7-11(8-4-1)12-9-5-2-6-10-12/h1-12,21-22H;1-10H. The average Bonchev–Trinajstić information content (AvgIpc) is 3.72. The second-order valence-corrected chi connectivity index (χ2v) is 8.64. The van der Waals surface area contributed by atoms with Gasteiger partial charge in [-0.05, 0) is 84.0 Å². The zero-order valence-electron chi connectivity index (χ0n) is 19.6. The molecule has 3 aromatic heterocycles. The van der Waals surface area contributed by atoms with Crippen molar-refractivity contribution in [1.82, 2.24) is 19.9 Å². The minimum absolute atomic E-state index is 0.915. The molecule has 36 heavy (non-hydrogen) atoms. The summed E-state index contributed by atoms with van der Waals surface area (Å²) in [5, 5.41) is 0. The van der Waals surface area contributed by atoms with Gasteiger partial charge in [0, 0.05) is 22.1 Å². The van der Waals surface area contributed by atoms with E-state index >= 15 is 0 Å². The number of rotatable bonds is 1. The normalized spacial score (nSPS) is 11.7. The number of benzene rings is 2. The first-order valence-electron chi connectivity index (χ1n) is 11.9. The monoisotopic (exact) mass is 464 g/mol. The van der Waals surface area contributed by atoms with E-state index in [1.165, 1.54) is 11.1 Å². The summed E-state index contributed by atoms with van der Waals surface area (Å²) in [5.41, 5.74) is 10.4. The fraction of sp³-hybridized carbons (Fsp3) is 0. The Morgan fingerprint density at radius 3 is 1.14 bits per heavy atom. The van der Waals surface area contributed by atoms with E-state index in [2.05, 4.69) is 98.8 Å². The Balaban J connectivity index is 0.000000168. The van der Waals surface area contributed by atoms with Crippen LogP contribution >= 0.6 is 0 Å². The maximum absolute atomic E-state index is 4.62. The van der Waals surface area contributed by atoms with Gasteiger partial charge in [-0.2, -0.15) is 0 Å². The van der Waals surface area contributed by atoms with Crippen LogP contribution in [0.3, 0.4) is 0 Å². The summed E-state index contributed by atoms with van der Waals surface area (Å²) in [7, 11) is 0. The van der Waals surface area contributed by atoms with E-state index in [9.17, 15) is 0 Å². The maximum Gasteiger partial charge on any atom is 0.0659 e. The van der Waals surface area contributed by atoms with E-state index in [1.807, 2.05) is 54.6 Å². The highest BCUT2D eigenvalue weighted by Gasteiger charge is 2.02. The largest absolute Gasteiger partial charge is 0.355 e. The van der Waals surface area contributed by atoms with Crippen LogP contribution in [0.4, 0.5) is 0 Å². The Labute approximate surface area is 209 Å². The van der Waals surface area contributed by atoms with Gasteiger partial charge in [0.15, 0.2) is 0 Å². The second kappa shape index (κ2) is 9.72. The van der Waals surface area contributed by atoms with Crippen molar-refractivity contribution >= 4 is 46.4 Å². The Bertz CT molecular complexity index is 1600. The lowest BCUT2D eigenvalue weighted by molar-refractivity contribution is 1.28. The Kier molecular flexibility index (Phi) is 5.83. The predicted octanol–water partition coefficient (Wildman–Crippen LogP) is 8.01. The molecule has 4 nitrogen and oxygen atoms in total. The summed E-state index contributed by atoms with van der Waals surface area (Å²) in [6.07, 6.45) is 8.05. The third-order valence-electron chi connectivity index (χ3n) is 5.92. The van der Waals surface area contributed by atoms with Crippen molar-refractivity contribution in [3.8, 4) is 11.1 Å². The van der Waals surface area contributed by atoms with E-state index in [1.54, 1.807) is 0 Å². The molecule has 0 unspecified atom stereocenters. The average molecular weight is 465 g/mol. The predicted molar refractivity (Wildman–Crippen MR) is 151 cm³/mol. The molecular formula is C32H24N4. The van der Waals surface area contributed by atoms with Crippen LogP contribution in [-0.4, -0.2) is 19.9 Å². The van der Waals surface area contributed by atoms with E-state index in [0.29, 0.717) is 0 Å². The van der Waals surface area contributed by atoms with Gasteiger partial charge in [0.25, 0.3) is 0 Å². The second-order valence-electron chi connectivity index (χ2n) is 8.64. The quantitative estimate of drug-likeness (QED) is 0.258. The van der Waals surface area contributed by atoms with Gasteiger partial charge in [-0.3, -0.25) is 0 Å². The zero-order valence-corrected chi connectivity index (χ0v) is 19.6. The lowest BCUT2D eigenvalue weighted by Gasteiger charge is -1.98. The van der Waals surface area contributed by atoms with E-state index in [0.717, 1.165) is 44.8 Å². The van der Waals surface area contributed by atoms with Gasteiger partial charge in [0.1, 0.15) is 0 Å². The van der Waals surface area contributed by atoms with Gasteiger partial charge in [0.2, 0.25) is 0 Å². The van der Waals surface area contributed by atoms with Gasteiger partial charge in [0.05, 0.1) is 22.8 Å². The van der Waals surface area contributed by atoms with Crippen LogP contribution in [0.1, 0.15) is 22.8 Å².